The van der Waals surface area contributed by atoms with Crippen LogP contribution < -0.4 is 0 Å². The average Bonchev–Trinajstić information content (AvgIpc) is 2.66. The largest absolute Gasteiger partial charge is 0.449 e. The molecule has 2 fully saturated rings. The van der Waals surface area contributed by atoms with Crippen LogP contribution in [0.3, 0.4) is 0 Å². The van der Waals surface area contributed by atoms with Crippen LogP contribution in [0.2, 0.25) is 0 Å². The number of ether oxygens (including phenoxy) is 2. The Morgan fingerprint density at radius 2 is 1.48 bits per heavy atom. The van der Waals surface area contributed by atoms with Crippen molar-refractivity contribution in [2.24, 2.45) is 5.92 Å². The molecule has 1 aliphatic carbocycles. The predicted molar refractivity (Wildman–Crippen MR) is 91.3 cm³/mol. The second-order valence-electron chi connectivity index (χ2n) is 8.31. The molecule has 4 nitrogen and oxygen atoms in total. The molecular weight excluding hydrogens is 482 g/mol. The van der Waals surface area contributed by atoms with Gasteiger partial charge in [-0.3, -0.25) is 0 Å². The van der Waals surface area contributed by atoms with Crippen LogP contribution in [-0.4, -0.2) is 52.3 Å². The van der Waals surface area contributed by atoms with Gasteiger partial charge < -0.3 is 14.6 Å². The number of alkyl halides is 10. The molecule has 2 rings (SSSR count). The Balaban J connectivity index is 3.04. The molecular formula is C19H22F10O4. The van der Waals surface area contributed by atoms with Crippen molar-refractivity contribution in [2.75, 3.05) is 0 Å². The highest BCUT2D eigenvalue weighted by Crippen LogP contribution is 2.69. The summed E-state index contributed by atoms with van der Waals surface area (Å²) in [6, 6.07) is 0. The number of aliphatic hydroxyl groups is 1. The Bertz CT molecular complexity index is 786. The van der Waals surface area contributed by atoms with Gasteiger partial charge in [0.2, 0.25) is 11.2 Å². The third-order valence-corrected chi connectivity index (χ3v) is 6.31. The lowest BCUT2D eigenvalue weighted by Gasteiger charge is -2.62. The third-order valence-electron chi connectivity index (χ3n) is 6.31. The SMILES string of the molecule is C=C(C)C(=O)OC1(CC)C(F)(F)C(O)(C(F)(F)F)OC(C2CCCCC2)(C(F)(F)F)C1(F)F. The molecule has 1 aliphatic heterocycles. The highest BCUT2D eigenvalue weighted by Gasteiger charge is 2.97. The zero-order valence-corrected chi connectivity index (χ0v) is 17.5. The van der Waals surface area contributed by atoms with Gasteiger partial charge in [-0.25, -0.2) is 4.79 Å². The van der Waals surface area contributed by atoms with E-state index in [1.165, 1.54) is 0 Å². The van der Waals surface area contributed by atoms with E-state index < -0.39 is 77.9 Å². The zero-order chi connectivity index (χ0) is 25.9. The molecule has 0 aromatic rings. The quantitative estimate of drug-likeness (QED) is 0.304. The fourth-order valence-corrected chi connectivity index (χ4v) is 4.57. The molecule has 14 heteroatoms. The number of esters is 1. The van der Waals surface area contributed by atoms with Crippen LogP contribution in [0.25, 0.3) is 0 Å². The van der Waals surface area contributed by atoms with Crippen molar-refractivity contribution in [3.05, 3.63) is 12.2 Å². The molecule has 1 N–H and O–H groups in total. The van der Waals surface area contributed by atoms with Crippen LogP contribution >= 0.6 is 0 Å². The summed E-state index contributed by atoms with van der Waals surface area (Å²) in [5, 5.41) is 9.97. The van der Waals surface area contributed by atoms with Crippen LogP contribution in [0.4, 0.5) is 43.9 Å². The summed E-state index contributed by atoms with van der Waals surface area (Å²) in [4.78, 5) is 12.0. The lowest BCUT2D eigenvalue weighted by atomic mass is 9.63. The lowest BCUT2D eigenvalue weighted by Crippen LogP contribution is -2.89. The monoisotopic (exact) mass is 504 g/mol. The molecule has 0 aromatic carbocycles. The number of hydrogen-bond acceptors (Lipinski definition) is 4. The predicted octanol–water partition coefficient (Wildman–Crippen LogP) is 5.69. The normalized spacial score (nSPS) is 35.2. The third kappa shape index (κ3) is 3.45. The molecule has 2 aliphatic rings. The zero-order valence-electron chi connectivity index (χ0n) is 17.5. The first-order chi connectivity index (χ1) is 14.7. The van der Waals surface area contributed by atoms with Gasteiger partial charge in [0.15, 0.2) is 0 Å². The number of carbonyl (C=O) groups excluding carboxylic acids is 1. The van der Waals surface area contributed by atoms with E-state index in [4.69, 9.17) is 0 Å². The molecule has 192 valence electrons. The Kier molecular flexibility index (Phi) is 6.70. The van der Waals surface area contributed by atoms with Gasteiger partial charge in [-0.1, -0.05) is 32.8 Å². The van der Waals surface area contributed by atoms with E-state index in [2.05, 4.69) is 16.1 Å². The molecule has 1 heterocycles. The summed E-state index contributed by atoms with van der Waals surface area (Å²) in [6.07, 6.45) is -16.6. The second-order valence-corrected chi connectivity index (χ2v) is 8.31. The summed E-state index contributed by atoms with van der Waals surface area (Å²) in [5.41, 5.74) is -11.2. The topological polar surface area (TPSA) is 55.8 Å². The van der Waals surface area contributed by atoms with E-state index in [0.717, 1.165) is 6.92 Å². The Labute approximate surface area is 181 Å². The van der Waals surface area contributed by atoms with Crippen LogP contribution in [0.1, 0.15) is 52.4 Å². The minimum Gasteiger partial charge on any atom is -0.442 e. The van der Waals surface area contributed by atoms with Crippen molar-refractivity contribution in [3.63, 3.8) is 0 Å². The summed E-state index contributed by atoms with van der Waals surface area (Å²) in [5.74, 6) is -22.9. The molecule has 0 bridgehead atoms. The van der Waals surface area contributed by atoms with Crippen molar-refractivity contribution in [1.29, 1.82) is 0 Å². The lowest BCUT2D eigenvalue weighted by molar-refractivity contribution is -0.565. The van der Waals surface area contributed by atoms with Crippen LogP contribution in [-0.2, 0) is 14.3 Å². The number of halogens is 10. The molecule has 1 saturated carbocycles. The van der Waals surface area contributed by atoms with Gasteiger partial charge in [0, 0.05) is 11.5 Å². The summed E-state index contributed by atoms with van der Waals surface area (Å²) < 4.78 is 154. The summed E-state index contributed by atoms with van der Waals surface area (Å²) in [6.45, 7) is 4.08. The van der Waals surface area contributed by atoms with Gasteiger partial charge in [-0.05, 0) is 26.2 Å². The minimum absolute atomic E-state index is 0.145. The van der Waals surface area contributed by atoms with E-state index >= 15 is 17.6 Å². The van der Waals surface area contributed by atoms with Crippen molar-refractivity contribution < 1.29 is 63.3 Å². The molecule has 0 spiro atoms. The van der Waals surface area contributed by atoms with E-state index in [1.807, 2.05) is 0 Å². The van der Waals surface area contributed by atoms with Crippen molar-refractivity contribution >= 4 is 5.97 Å². The van der Waals surface area contributed by atoms with Crippen LogP contribution in [0.5, 0.6) is 0 Å². The Morgan fingerprint density at radius 3 is 1.85 bits per heavy atom. The highest BCUT2D eigenvalue weighted by molar-refractivity contribution is 5.87. The standard InChI is InChI=1S/C19H22F10O4/c1-4-13(32-12(30)10(2)3)15(20,21)14(18(24,25)26,11-8-6-5-7-9-11)33-17(31,16(13,22)23)19(27,28)29/h11,31H,2,4-9H2,1,3H3. The maximum atomic E-state index is 15.9. The van der Waals surface area contributed by atoms with Crippen molar-refractivity contribution in [3.8, 4) is 0 Å². The molecule has 3 atom stereocenters. The maximum Gasteiger partial charge on any atom is 0.449 e. The van der Waals surface area contributed by atoms with Gasteiger partial charge in [-0.15, -0.1) is 0 Å². The smallest absolute Gasteiger partial charge is 0.442 e. The molecule has 0 radical (unpaired) electrons. The number of hydrogen-bond donors (Lipinski definition) is 1. The van der Waals surface area contributed by atoms with Crippen LogP contribution in [0.15, 0.2) is 12.2 Å². The van der Waals surface area contributed by atoms with Crippen LogP contribution in [0, 0.1) is 5.92 Å². The molecule has 33 heavy (non-hydrogen) atoms. The van der Waals surface area contributed by atoms with E-state index in [9.17, 15) is 36.2 Å². The van der Waals surface area contributed by atoms with Gasteiger partial charge >= 0.3 is 36.0 Å². The fraction of sp³-hybridized carbons (Fsp3) is 0.842. The molecule has 0 amide bonds. The van der Waals surface area contributed by atoms with Gasteiger partial charge in [0.1, 0.15) is 0 Å². The molecule has 3 unspecified atom stereocenters. The minimum atomic E-state index is -6.70. The highest BCUT2D eigenvalue weighted by atomic mass is 19.4. The van der Waals surface area contributed by atoms with Gasteiger partial charge in [0.25, 0.3) is 0 Å². The Morgan fingerprint density at radius 1 is 1.00 bits per heavy atom. The van der Waals surface area contributed by atoms with E-state index in [0.29, 0.717) is 6.92 Å². The van der Waals surface area contributed by atoms with E-state index in [1.54, 1.807) is 0 Å². The number of carbonyl (C=O) groups is 1. The molecule has 0 aromatic heterocycles. The first-order valence-corrected chi connectivity index (χ1v) is 9.90. The van der Waals surface area contributed by atoms with Gasteiger partial charge in [0.05, 0.1) is 0 Å². The van der Waals surface area contributed by atoms with Crippen molar-refractivity contribution in [2.45, 2.75) is 93.6 Å². The van der Waals surface area contributed by atoms with E-state index in [-0.39, 0.29) is 19.3 Å². The average molecular weight is 504 g/mol. The second kappa shape index (κ2) is 7.99. The maximum absolute atomic E-state index is 15.9. The summed E-state index contributed by atoms with van der Waals surface area (Å²) in [7, 11) is 0. The molecule has 1 saturated heterocycles. The first-order valence-electron chi connectivity index (χ1n) is 9.90. The van der Waals surface area contributed by atoms with Crippen molar-refractivity contribution in [1.82, 2.24) is 0 Å². The first kappa shape index (κ1) is 27.7. The number of rotatable bonds is 4. The fourth-order valence-electron chi connectivity index (χ4n) is 4.57. The Hall–Kier alpha value is -1.57. The summed E-state index contributed by atoms with van der Waals surface area (Å²) >= 11 is 0. The van der Waals surface area contributed by atoms with Gasteiger partial charge in [-0.2, -0.15) is 43.9 Å².